The van der Waals surface area contributed by atoms with Crippen LogP contribution in [0, 0.1) is 6.92 Å². The lowest BCUT2D eigenvalue weighted by molar-refractivity contribution is -0.137. The van der Waals surface area contributed by atoms with Gasteiger partial charge >= 0.3 is 0 Å². The van der Waals surface area contributed by atoms with Crippen molar-refractivity contribution >= 4 is 15.9 Å². The summed E-state index contributed by atoms with van der Waals surface area (Å²) in [5, 5.41) is 0. The van der Waals surface area contributed by atoms with Crippen molar-refractivity contribution in [3.8, 4) is 5.75 Å². The van der Waals surface area contributed by atoms with Gasteiger partial charge in [0.2, 0.25) is 15.9 Å². The fourth-order valence-electron chi connectivity index (χ4n) is 3.40. The monoisotopic (exact) mass is 432 g/mol. The lowest BCUT2D eigenvalue weighted by Crippen LogP contribution is -2.52. The minimum atomic E-state index is -3.90. The van der Waals surface area contributed by atoms with Gasteiger partial charge in [-0.25, -0.2) is 8.42 Å². The van der Waals surface area contributed by atoms with Gasteiger partial charge < -0.3 is 14.4 Å². The van der Waals surface area contributed by atoms with Crippen LogP contribution >= 0.6 is 0 Å². The van der Waals surface area contributed by atoms with Crippen molar-refractivity contribution < 1.29 is 22.7 Å². The zero-order chi connectivity index (χ0) is 21.6. The molecule has 1 saturated heterocycles. The predicted octanol–water partition coefficient (Wildman–Crippen LogP) is 2.14. The van der Waals surface area contributed by atoms with Gasteiger partial charge in [-0.05, 0) is 49.6 Å². The van der Waals surface area contributed by atoms with E-state index in [9.17, 15) is 13.2 Å². The lowest BCUT2D eigenvalue weighted by Gasteiger charge is -2.30. The highest BCUT2D eigenvalue weighted by Crippen LogP contribution is 2.22. The molecule has 8 heteroatoms. The number of hydrogen-bond acceptors (Lipinski definition) is 5. The maximum absolute atomic E-state index is 13.1. The second-order valence-corrected chi connectivity index (χ2v) is 8.88. The van der Waals surface area contributed by atoms with Gasteiger partial charge in [-0.15, -0.1) is 0 Å². The standard InChI is InChI=1S/C22H28N2O5S/c1-3-29-21-10-9-19(15-17(21)2)30(26,27)23-20(16-18-7-5-4-6-8-18)22(25)24-11-13-28-14-12-24/h4-10,15,20,23H,3,11-14,16H2,1-2H3/t20-/m0/s1. The van der Waals surface area contributed by atoms with E-state index >= 15 is 0 Å². The molecule has 0 radical (unpaired) electrons. The Morgan fingerprint density at radius 1 is 1.17 bits per heavy atom. The van der Waals surface area contributed by atoms with Gasteiger partial charge in [0.25, 0.3) is 0 Å². The van der Waals surface area contributed by atoms with Gasteiger partial charge in [-0.2, -0.15) is 4.72 Å². The Labute approximate surface area is 178 Å². The minimum absolute atomic E-state index is 0.108. The number of ether oxygens (including phenoxy) is 2. The maximum atomic E-state index is 13.1. The molecule has 0 saturated carbocycles. The number of nitrogens with one attached hydrogen (secondary N) is 1. The SMILES string of the molecule is CCOc1ccc(S(=O)(=O)N[C@@H](Cc2ccccc2)C(=O)N2CCOCC2)cc1C. The van der Waals surface area contributed by atoms with Gasteiger partial charge in [0.15, 0.2) is 0 Å². The summed E-state index contributed by atoms with van der Waals surface area (Å²) in [6, 6.07) is 13.2. The second-order valence-electron chi connectivity index (χ2n) is 7.16. The van der Waals surface area contributed by atoms with Crippen molar-refractivity contribution in [3.05, 3.63) is 59.7 Å². The molecular weight excluding hydrogens is 404 g/mol. The molecule has 1 N–H and O–H groups in total. The van der Waals surface area contributed by atoms with E-state index in [0.29, 0.717) is 38.7 Å². The normalized spacial score (nSPS) is 15.6. The molecule has 0 unspecified atom stereocenters. The number of carbonyl (C=O) groups is 1. The number of amides is 1. The van der Waals surface area contributed by atoms with Crippen LogP contribution < -0.4 is 9.46 Å². The highest BCUT2D eigenvalue weighted by molar-refractivity contribution is 7.89. The number of nitrogens with zero attached hydrogens (tertiary/aromatic N) is 1. The molecule has 2 aromatic rings. The van der Waals surface area contributed by atoms with Crippen LogP contribution in [0.15, 0.2) is 53.4 Å². The highest BCUT2D eigenvalue weighted by Gasteiger charge is 2.30. The van der Waals surface area contributed by atoms with E-state index in [-0.39, 0.29) is 17.2 Å². The quantitative estimate of drug-likeness (QED) is 0.691. The Bertz CT molecular complexity index is 957. The van der Waals surface area contributed by atoms with Crippen LogP contribution in [-0.2, 0) is 26.0 Å². The first kappa shape index (κ1) is 22.3. The number of hydrogen-bond donors (Lipinski definition) is 1. The Morgan fingerprint density at radius 3 is 2.50 bits per heavy atom. The number of carbonyl (C=O) groups excluding carboxylic acids is 1. The summed E-state index contributed by atoms with van der Waals surface area (Å²) >= 11 is 0. The molecule has 1 amide bonds. The third-order valence-corrected chi connectivity index (χ3v) is 6.43. The average molecular weight is 433 g/mol. The zero-order valence-electron chi connectivity index (χ0n) is 17.3. The minimum Gasteiger partial charge on any atom is -0.494 e. The maximum Gasteiger partial charge on any atom is 0.241 e. The van der Waals surface area contributed by atoms with E-state index in [0.717, 1.165) is 11.1 Å². The smallest absolute Gasteiger partial charge is 0.241 e. The first-order valence-electron chi connectivity index (χ1n) is 10.1. The predicted molar refractivity (Wildman–Crippen MR) is 114 cm³/mol. The van der Waals surface area contributed by atoms with Crippen molar-refractivity contribution in [2.24, 2.45) is 0 Å². The largest absolute Gasteiger partial charge is 0.494 e. The molecule has 0 aliphatic carbocycles. The van der Waals surface area contributed by atoms with Crippen LogP contribution in [0.1, 0.15) is 18.1 Å². The van der Waals surface area contributed by atoms with E-state index in [2.05, 4.69) is 4.72 Å². The van der Waals surface area contributed by atoms with Gasteiger partial charge in [-0.1, -0.05) is 30.3 Å². The molecule has 30 heavy (non-hydrogen) atoms. The topological polar surface area (TPSA) is 84.9 Å². The van der Waals surface area contributed by atoms with E-state index < -0.39 is 16.1 Å². The number of benzene rings is 2. The molecule has 2 aromatic carbocycles. The number of morpholine rings is 1. The van der Waals surface area contributed by atoms with Crippen LogP contribution in [0.4, 0.5) is 0 Å². The Kier molecular flexibility index (Phi) is 7.47. The molecule has 1 fully saturated rings. The molecule has 0 bridgehead atoms. The van der Waals surface area contributed by atoms with E-state index in [1.165, 1.54) is 6.07 Å². The Morgan fingerprint density at radius 2 is 1.87 bits per heavy atom. The van der Waals surface area contributed by atoms with Crippen LogP contribution in [0.2, 0.25) is 0 Å². The van der Waals surface area contributed by atoms with Crippen LogP contribution in [0.3, 0.4) is 0 Å². The van der Waals surface area contributed by atoms with Crippen LogP contribution in [-0.4, -0.2) is 58.2 Å². The second kappa shape index (κ2) is 10.1. The fourth-order valence-corrected chi connectivity index (χ4v) is 4.67. The number of rotatable bonds is 8. The third-order valence-electron chi connectivity index (χ3n) is 4.96. The number of sulfonamides is 1. The first-order chi connectivity index (χ1) is 14.4. The molecule has 0 aromatic heterocycles. The summed E-state index contributed by atoms with van der Waals surface area (Å²) in [5.41, 5.74) is 1.61. The molecule has 1 aliphatic heterocycles. The highest BCUT2D eigenvalue weighted by atomic mass is 32.2. The lowest BCUT2D eigenvalue weighted by atomic mass is 10.1. The van der Waals surface area contributed by atoms with Crippen molar-refractivity contribution in [2.75, 3.05) is 32.9 Å². The van der Waals surface area contributed by atoms with Gasteiger partial charge in [0.1, 0.15) is 11.8 Å². The third kappa shape index (κ3) is 5.59. The molecule has 7 nitrogen and oxygen atoms in total. The van der Waals surface area contributed by atoms with Crippen LogP contribution in [0.5, 0.6) is 5.75 Å². The first-order valence-corrected chi connectivity index (χ1v) is 11.6. The molecule has 1 aliphatic rings. The summed E-state index contributed by atoms with van der Waals surface area (Å²) in [5.74, 6) is 0.398. The average Bonchev–Trinajstić information content (AvgIpc) is 2.75. The Hall–Kier alpha value is -2.42. The zero-order valence-corrected chi connectivity index (χ0v) is 18.2. The fraction of sp³-hybridized carbons (Fsp3) is 0.409. The molecule has 162 valence electrons. The van der Waals surface area contributed by atoms with E-state index in [1.54, 1.807) is 24.0 Å². The molecule has 3 rings (SSSR count). The number of aryl methyl sites for hydroxylation is 1. The summed E-state index contributed by atoms with van der Waals surface area (Å²) < 4.78 is 39.6. The molecule has 0 spiro atoms. The summed E-state index contributed by atoms with van der Waals surface area (Å²) in [7, 11) is -3.90. The van der Waals surface area contributed by atoms with E-state index in [1.807, 2.05) is 37.3 Å². The van der Waals surface area contributed by atoms with Gasteiger partial charge in [0, 0.05) is 13.1 Å². The summed E-state index contributed by atoms with van der Waals surface area (Å²) in [6.07, 6.45) is 0.270. The van der Waals surface area contributed by atoms with Gasteiger partial charge in [0.05, 0.1) is 24.7 Å². The van der Waals surface area contributed by atoms with Crippen molar-refractivity contribution in [3.63, 3.8) is 0 Å². The molecule has 1 heterocycles. The summed E-state index contributed by atoms with van der Waals surface area (Å²) in [4.78, 5) is 14.9. The van der Waals surface area contributed by atoms with Crippen molar-refractivity contribution in [2.45, 2.75) is 31.2 Å². The van der Waals surface area contributed by atoms with Gasteiger partial charge in [-0.3, -0.25) is 4.79 Å². The molecular formula is C22H28N2O5S. The molecule has 1 atom stereocenters. The van der Waals surface area contributed by atoms with Crippen LogP contribution in [0.25, 0.3) is 0 Å². The summed E-state index contributed by atoms with van der Waals surface area (Å²) in [6.45, 7) is 5.98. The van der Waals surface area contributed by atoms with E-state index in [4.69, 9.17) is 9.47 Å². The van der Waals surface area contributed by atoms with Crippen molar-refractivity contribution in [1.29, 1.82) is 0 Å². The Balaban J connectivity index is 1.85. The van der Waals surface area contributed by atoms with Crippen molar-refractivity contribution in [1.82, 2.24) is 9.62 Å².